The third-order valence-corrected chi connectivity index (χ3v) is 3.84. The first-order valence-electron chi connectivity index (χ1n) is 6.74. The molecular formula is C18H14N2O. The highest BCUT2D eigenvalue weighted by atomic mass is 16.1. The van der Waals surface area contributed by atoms with Crippen LogP contribution in [0.4, 0.5) is 0 Å². The minimum atomic E-state index is -0.0629. The lowest BCUT2D eigenvalue weighted by Gasteiger charge is -2.04. The van der Waals surface area contributed by atoms with Gasteiger partial charge < -0.3 is 4.98 Å². The zero-order valence-electron chi connectivity index (χ0n) is 11.9. The summed E-state index contributed by atoms with van der Waals surface area (Å²) in [7, 11) is 0. The molecule has 0 amide bonds. The second kappa shape index (κ2) is 4.92. The number of rotatable bonds is 2. The summed E-state index contributed by atoms with van der Waals surface area (Å²) in [5, 5.41) is 9.93. The minimum absolute atomic E-state index is 0.0629. The van der Waals surface area contributed by atoms with E-state index in [4.69, 9.17) is 0 Å². The first-order chi connectivity index (χ1) is 10.1. The summed E-state index contributed by atoms with van der Waals surface area (Å²) in [6, 6.07) is 13.2. The van der Waals surface area contributed by atoms with Crippen LogP contribution in [0.15, 0.2) is 42.6 Å². The highest BCUT2D eigenvalue weighted by molar-refractivity contribution is 6.17. The van der Waals surface area contributed by atoms with Crippen LogP contribution in [0.25, 0.3) is 10.9 Å². The van der Waals surface area contributed by atoms with Gasteiger partial charge in [-0.25, -0.2) is 0 Å². The van der Waals surface area contributed by atoms with E-state index in [1.807, 2.05) is 44.2 Å². The van der Waals surface area contributed by atoms with Gasteiger partial charge in [-0.3, -0.25) is 4.79 Å². The number of ketones is 1. The number of nitrogens with one attached hydrogen (secondary N) is 1. The number of hydrogen-bond acceptors (Lipinski definition) is 2. The molecule has 0 fully saturated rings. The Labute approximate surface area is 122 Å². The van der Waals surface area contributed by atoms with Gasteiger partial charge in [0.2, 0.25) is 0 Å². The number of nitriles is 1. The molecule has 0 aliphatic rings. The molecule has 102 valence electrons. The van der Waals surface area contributed by atoms with Crippen molar-refractivity contribution in [2.24, 2.45) is 0 Å². The third-order valence-electron chi connectivity index (χ3n) is 3.84. The Hall–Kier alpha value is -2.86. The number of aryl methyl sites for hydroxylation is 2. The summed E-state index contributed by atoms with van der Waals surface area (Å²) in [6.07, 6.45) is 1.68. The largest absolute Gasteiger partial charge is 0.360 e. The van der Waals surface area contributed by atoms with Gasteiger partial charge in [-0.05, 0) is 43.2 Å². The second-order valence-electron chi connectivity index (χ2n) is 5.17. The van der Waals surface area contributed by atoms with Crippen LogP contribution in [-0.2, 0) is 0 Å². The molecule has 0 spiro atoms. The fraction of sp³-hybridized carbons (Fsp3) is 0.111. The summed E-state index contributed by atoms with van der Waals surface area (Å²) in [5.41, 5.74) is 4.75. The van der Waals surface area contributed by atoms with Crippen molar-refractivity contribution in [1.82, 2.24) is 4.98 Å². The summed E-state index contributed by atoms with van der Waals surface area (Å²) in [6.45, 7) is 4.01. The Balaban J connectivity index is 2.18. The summed E-state index contributed by atoms with van der Waals surface area (Å²) < 4.78 is 0. The van der Waals surface area contributed by atoms with E-state index >= 15 is 0 Å². The monoisotopic (exact) mass is 274 g/mol. The average molecular weight is 274 g/mol. The van der Waals surface area contributed by atoms with E-state index < -0.39 is 0 Å². The maximum Gasteiger partial charge on any atom is 0.195 e. The maximum absolute atomic E-state index is 12.7. The number of hydrogen-bond donors (Lipinski definition) is 1. The van der Waals surface area contributed by atoms with Crippen molar-refractivity contribution in [3.05, 3.63) is 70.4 Å². The standard InChI is InChI=1S/C18H14N2O/c1-11-6-7-13(8-12(11)2)18(21)15-10-20-16-5-3-4-14(9-19)17(15)16/h3-8,10,20H,1-2H3. The Kier molecular flexibility index (Phi) is 3.08. The lowest BCUT2D eigenvalue weighted by molar-refractivity contribution is 0.104. The van der Waals surface area contributed by atoms with Crippen molar-refractivity contribution in [3.8, 4) is 6.07 Å². The number of H-pyrrole nitrogens is 1. The molecule has 1 aromatic heterocycles. The highest BCUT2D eigenvalue weighted by Gasteiger charge is 2.17. The van der Waals surface area contributed by atoms with Crippen LogP contribution in [0.3, 0.4) is 0 Å². The molecule has 3 aromatic rings. The van der Waals surface area contributed by atoms with Crippen molar-refractivity contribution < 1.29 is 4.79 Å². The normalized spacial score (nSPS) is 10.5. The van der Waals surface area contributed by atoms with Crippen LogP contribution in [-0.4, -0.2) is 10.8 Å². The molecule has 0 bridgehead atoms. The van der Waals surface area contributed by atoms with Crippen LogP contribution in [0, 0.1) is 25.2 Å². The van der Waals surface area contributed by atoms with Crippen molar-refractivity contribution in [2.45, 2.75) is 13.8 Å². The number of nitrogens with zero attached hydrogens (tertiary/aromatic N) is 1. The molecule has 3 heteroatoms. The van der Waals surface area contributed by atoms with Crippen LogP contribution < -0.4 is 0 Å². The van der Waals surface area contributed by atoms with Crippen molar-refractivity contribution in [1.29, 1.82) is 5.26 Å². The van der Waals surface area contributed by atoms with Crippen molar-refractivity contribution in [2.75, 3.05) is 0 Å². The topological polar surface area (TPSA) is 56.6 Å². The van der Waals surface area contributed by atoms with E-state index in [1.165, 1.54) is 0 Å². The molecule has 0 aliphatic carbocycles. The number of aromatic nitrogens is 1. The molecule has 0 aliphatic heterocycles. The van der Waals surface area contributed by atoms with E-state index in [1.54, 1.807) is 12.3 Å². The highest BCUT2D eigenvalue weighted by Crippen LogP contribution is 2.25. The molecule has 1 heterocycles. The Morgan fingerprint density at radius 1 is 1.14 bits per heavy atom. The van der Waals surface area contributed by atoms with Gasteiger partial charge in [0.15, 0.2) is 5.78 Å². The Bertz CT molecular complexity index is 897. The molecule has 0 unspecified atom stereocenters. The predicted molar refractivity (Wildman–Crippen MR) is 82.4 cm³/mol. The van der Waals surface area contributed by atoms with Gasteiger partial charge in [0.05, 0.1) is 11.6 Å². The quantitative estimate of drug-likeness (QED) is 0.721. The average Bonchev–Trinajstić information content (AvgIpc) is 2.93. The van der Waals surface area contributed by atoms with Gasteiger partial charge >= 0.3 is 0 Å². The third kappa shape index (κ3) is 2.11. The molecule has 0 saturated heterocycles. The van der Waals surface area contributed by atoms with E-state index in [-0.39, 0.29) is 5.78 Å². The van der Waals surface area contributed by atoms with Gasteiger partial charge in [0, 0.05) is 28.2 Å². The molecule has 1 N–H and O–H groups in total. The van der Waals surface area contributed by atoms with Crippen LogP contribution in [0.5, 0.6) is 0 Å². The second-order valence-corrected chi connectivity index (χ2v) is 5.17. The number of aromatic amines is 1. The summed E-state index contributed by atoms with van der Waals surface area (Å²) in [4.78, 5) is 15.8. The number of carbonyl (C=O) groups excluding carboxylic acids is 1. The zero-order valence-corrected chi connectivity index (χ0v) is 11.9. The fourth-order valence-corrected chi connectivity index (χ4v) is 2.50. The lowest BCUT2D eigenvalue weighted by Crippen LogP contribution is -2.02. The molecule has 0 saturated carbocycles. The molecule has 3 nitrogen and oxygen atoms in total. The molecule has 0 radical (unpaired) electrons. The smallest absolute Gasteiger partial charge is 0.195 e. The maximum atomic E-state index is 12.7. The van der Waals surface area contributed by atoms with Gasteiger partial charge in [-0.2, -0.15) is 5.26 Å². The number of benzene rings is 2. The van der Waals surface area contributed by atoms with E-state index in [9.17, 15) is 10.1 Å². The van der Waals surface area contributed by atoms with Crippen LogP contribution in [0.1, 0.15) is 32.6 Å². The molecule has 21 heavy (non-hydrogen) atoms. The van der Waals surface area contributed by atoms with Crippen LogP contribution >= 0.6 is 0 Å². The molecular weight excluding hydrogens is 260 g/mol. The minimum Gasteiger partial charge on any atom is -0.360 e. The van der Waals surface area contributed by atoms with E-state index in [0.29, 0.717) is 22.1 Å². The first-order valence-corrected chi connectivity index (χ1v) is 6.74. The molecule has 2 aromatic carbocycles. The Morgan fingerprint density at radius 2 is 1.95 bits per heavy atom. The fourth-order valence-electron chi connectivity index (χ4n) is 2.50. The van der Waals surface area contributed by atoms with Crippen LogP contribution in [0.2, 0.25) is 0 Å². The first kappa shape index (κ1) is 13.1. The lowest BCUT2D eigenvalue weighted by atomic mass is 9.97. The van der Waals surface area contributed by atoms with Gasteiger partial charge in [-0.1, -0.05) is 18.2 Å². The van der Waals surface area contributed by atoms with Gasteiger partial charge in [-0.15, -0.1) is 0 Å². The van der Waals surface area contributed by atoms with Crippen molar-refractivity contribution >= 4 is 16.7 Å². The zero-order chi connectivity index (χ0) is 15.0. The SMILES string of the molecule is Cc1ccc(C(=O)c2c[nH]c3cccc(C#N)c23)cc1C. The van der Waals surface area contributed by atoms with Crippen molar-refractivity contribution in [3.63, 3.8) is 0 Å². The number of carbonyl (C=O) groups is 1. The van der Waals surface area contributed by atoms with Gasteiger partial charge in [0.25, 0.3) is 0 Å². The summed E-state index contributed by atoms with van der Waals surface area (Å²) in [5.74, 6) is -0.0629. The van der Waals surface area contributed by atoms with E-state index in [0.717, 1.165) is 16.6 Å². The Morgan fingerprint density at radius 3 is 2.67 bits per heavy atom. The molecule has 0 atom stereocenters. The molecule has 3 rings (SSSR count). The summed E-state index contributed by atoms with van der Waals surface area (Å²) >= 11 is 0. The van der Waals surface area contributed by atoms with E-state index in [2.05, 4.69) is 11.1 Å². The predicted octanol–water partition coefficient (Wildman–Crippen LogP) is 3.89. The number of fused-ring (bicyclic) bond motifs is 1. The van der Waals surface area contributed by atoms with Gasteiger partial charge in [0.1, 0.15) is 0 Å².